The fourth-order valence-electron chi connectivity index (χ4n) is 1.74. The molecule has 1 amide bonds. The van der Waals surface area contributed by atoms with E-state index < -0.39 is 23.7 Å². The highest BCUT2D eigenvalue weighted by molar-refractivity contribution is 5.66. The van der Waals surface area contributed by atoms with Crippen LogP contribution >= 0.6 is 0 Å². The summed E-state index contributed by atoms with van der Waals surface area (Å²) < 4.78 is 47.8. The van der Waals surface area contributed by atoms with E-state index in [0.717, 1.165) is 6.33 Å². The molecule has 0 aliphatic rings. The largest absolute Gasteiger partial charge is 0.450 e. The van der Waals surface area contributed by atoms with Crippen LogP contribution in [0.5, 0.6) is 0 Å². The number of aryl methyl sites for hydroxylation is 1. The normalized spacial score (nSPS) is 11.5. The summed E-state index contributed by atoms with van der Waals surface area (Å²) in [5, 5.41) is 6.00. The van der Waals surface area contributed by atoms with Crippen molar-refractivity contribution < 1.29 is 27.2 Å². The van der Waals surface area contributed by atoms with Crippen LogP contribution in [0, 0.1) is 0 Å². The second-order valence-corrected chi connectivity index (χ2v) is 4.39. The lowest BCUT2D eigenvalue weighted by atomic mass is 10.3. The van der Waals surface area contributed by atoms with Gasteiger partial charge in [0.15, 0.2) is 5.69 Å². The molecular formula is C12H14F3N5O3. The van der Waals surface area contributed by atoms with Crippen LogP contribution in [0.25, 0.3) is 11.5 Å². The number of hydrogen-bond acceptors (Lipinski definition) is 6. The molecule has 11 heteroatoms. The summed E-state index contributed by atoms with van der Waals surface area (Å²) in [4.78, 5) is 20.5. The van der Waals surface area contributed by atoms with Crippen LogP contribution < -0.4 is 5.32 Å². The molecular weight excluding hydrogens is 319 g/mol. The van der Waals surface area contributed by atoms with Crippen LogP contribution in [-0.2, 0) is 17.3 Å². The number of imidazole rings is 1. The predicted octanol–water partition coefficient (Wildman–Crippen LogP) is 2.16. The number of aromatic amines is 1. The van der Waals surface area contributed by atoms with Crippen molar-refractivity contribution in [3.63, 3.8) is 0 Å². The Morgan fingerprint density at radius 2 is 2.26 bits per heavy atom. The highest BCUT2D eigenvalue weighted by atomic mass is 19.4. The van der Waals surface area contributed by atoms with Crippen molar-refractivity contribution in [2.24, 2.45) is 0 Å². The molecule has 0 aromatic carbocycles. The predicted molar refractivity (Wildman–Crippen MR) is 70.2 cm³/mol. The van der Waals surface area contributed by atoms with Crippen LogP contribution in [0.15, 0.2) is 10.9 Å². The van der Waals surface area contributed by atoms with Crippen LogP contribution in [0.2, 0.25) is 0 Å². The lowest BCUT2D eigenvalue weighted by molar-refractivity contribution is -0.140. The number of nitrogens with zero attached hydrogens (tertiary/aromatic N) is 3. The Labute approximate surface area is 128 Å². The van der Waals surface area contributed by atoms with Gasteiger partial charge < -0.3 is 19.6 Å². The van der Waals surface area contributed by atoms with Gasteiger partial charge in [-0.2, -0.15) is 18.2 Å². The van der Waals surface area contributed by atoms with Crippen LogP contribution in [0.3, 0.4) is 0 Å². The van der Waals surface area contributed by atoms with Gasteiger partial charge in [0.2, 0.25) is 11.7 Å². The minimum Gasteiger partial charge on any atom is -0.450 e. The van der Waals surface area contributed by atoms with Gasteiger partial charge in [-0.3, -0.25) is 0 Å². The van der Waals surface area contributed by atoms with E-state index in [0.29, 0.717) is 19.4 Å². The maximum absolute atomic E-state index is 12.8. The smallest absolute Gasteiger partial charge is 0.433 e. The molecule has 0 atom stereocenters. The van der Waals surface area contributed by atoms with Crippen molar-refractivity contribution in [2.45, 2.75) is 25.9 Å². The molecule has 8 nitrogen and oxygen atoms in total. The average molecular weight is 333 g/mol. The van der Waals surface area contributed by atoms with Gasteiger partial charge in [0, 0.05) is 13.0 Å². The quantitative estimate of drug-likeness (QED) is 0.785. The molecule has 2 aromatic rings. The van der Waals surface area contributed by atoms with E-state index in [1.807, 2.05) is 4.98 Å². The number of halogens is 3. The van der Waals surface area contributed by atoms with Gasteiger partial charge in [0.25, 0.3) is 0 Å². The number of H-pyrrole nitrogens is 1. The van der Waals surface area contributed by atoms with Crippen molar-refractivity contribution in [1.82, 2.24) is 25.4 Å². The summed E-state index contributed by atoms with van der Waals surface area (Å²) in [5.74, 6) is -0.0892. The number of nitrogens with one attached hydrogen (secondary N) is 2. The molecule has 2 N–H and O–H groups in total. The summed E-state index contributed by atoms with van der Waals surface area (Å²) in [5.41, 5.74) is -1.45. The number of carbonyl (C=O) groups is 1. The molecule has 0 spiro atoms. The van der Waals surface area contributed by atoms with Crippen molar-refractivity contribution in [2.75, 3.05) is 13.2 Å². The van der Waals surface area contributed by atoms with Gasteiger partial charge in [0.1, 0.15) is 5.69 Å². The fraction of sp³-hybridized carbons (Fsp3) is 0.500. The van der Waals surface area contributed by atoms with Gasteiger partial charge >= 0.3 is 12.3 Å². The van der Waals surface area contributed by atoms with Gasteiger partial charge in [-0.05, 0) is 13.3 Å². The highest BCUT2D eigenvalue weighted by Crippen LogP contribution is 2.33. The molecule has 0 saturated carbocycles. The van der Waals surface area contributed by atoms with Crippen molar-refractivity contribution in [1.29, 1.82) is 0 Å². The van der Waals surface area contributed by atoms with Crippen LogP contribution in [0.4, 0.5) is 18.0 Å². The number of hydrogen-bond donors (Lipinski definition) is 2. The SMILES string of the molecule is CCOC(=O)NCCCc1nc(-c2nc[nH]c2C(F)(F)F)no1. The first kappa shape index (κ1) is 16.8. The summed E-state index contributed by atoms with van der Waals surface area (Å²) in [6, 6.07) is 0. The third-order valence-electron chi connectivity index (χ3n) is 2.71. The molecule has 0 aliphatic heterocycles. The van der Waals surface area contributed by atoms with Crippen molar-refractivity contribution in [3.05, 3.63) is 17.9 Å². The summed E-state index contributed by atoms with van der Waals surface area (Å²) in [6.45, 7) is 2.26. The monoisotopic (exact) mass is 333 g/mol. The van der Waals surface area contributed by atoms with Gasteiger partial charge in [-0.15, -0.1) is 0 Å². The van der Waals surface area contributed by atoms with E-state index >= 15 is 0 Å². The first-order chi connectivity index (χ1) is 10.9. The zero-order chi connectivity index (χ0) is 16.9. The summed E-state index contributed by atoms with van der Waals surface area (Å²) in [7, 11) is 0. The van der Waals surface area contributed by atoms with E-state index in [1.54, 1.807) is 6.92 Å². The van der Waals surface area contributed by atoms with E-state index in [1.165, 1.54) is 0 Å². The minimum absolute atomic E-state index is 0.154. The molecule has 0 radical (unpaired) electrons. The Balaban J connectivity index is 1.92. The van der Waals surface area contributed by atoms with E-state index in [4.69, 9.17) is 4.52 Å². The Hall–Kier alpha value is -2.59. The van der Waals surface area contributed by atoms with Crippen LogP contribution in [0.1, 0.15) is 24.9 Å². The molecule has 0 aliphatic carbocycles. The summed E-state index contributed by atoms with van der Waals surface area (Å²) >= 11 is 0. The van der Waals surface area contributed by atoms with E-state index in [2.05, 4.69) is 25.2 Å². The average Bonchev–Trinajstić information content (AvgIpc) is 3.11. The third kappa shape index (κ3) is 4.44. The van der Waals surface area contributed by atoms with Crippen molar-refractivity contribution in [3.8, 4) is 11.5 Å². The van der Waals surface area contributed by atoms with Gasteiger partial charge in [-0.25, -0.2) is 9.78 Å². The first-order valence-corrected chi connectivity index (χ1v) is 6.76. The Kier molecular flexibility index (Phi) is 5.19. The Morgan fingerprint density at radius 1 is 1.48 bits per heavy atom. The Morgan fingerprint density at radius 3 is 2.96 bits per heavy atom. The maximum Gasteiger partial charge on any atom is 0.433 e. The minimum atomic E-state index is -4.59. The third-order valence-corrected chi connectivity index (χ3v) is 2.71. The lowest BCUT2D eigenvalue weighted by Gasteiger charge is -2.03. The number of ether oxygens (including phenoxy) is 1. The fourth-order valence-corrected chi connectivity index (χ4v) is 1.74. The number of aromatic nitrogens is 4. The molecule has 2 rings (SSSR count). The van der Waals surface area contributed by atoms with Gasteiger partial charge in [0.05, 0.1) is 12.9 Å². The highest BCUT2D eigenvalue weighted by Gasteiger charge is 2.37. The Bertz CT molecular complexity index is 652. The standard InChI is InChI=1S/C12H14F3N5O3/c1-2-22-11(21)16-5-3-4-7-19-10(20-23-7)8-9(12(13,14)15)18-6-17-8/h6H,2-5H2,1H3,(H,16,21)(H,17,18). The lowest BCUT2D eigenvalue weighted by Crippen LogP contribution is -2.25. The maximum atomic E-state index is 12.8. The first-order valence-electron chi connectivity index (χ1n) is 6.76. The molecule has 2 aromatic heterocycles. The molecule has 0 unspecified atom stereocenters. The molecule has 23 heavy (non-hydrogen) atoms. The summed E-state index contributed by atoms with van der Waals surface area (Å²) in [6.07, 6.45) is -3.45. The van der Waals surface area contributed by atoms with E-state index in [9.17, 15) is 18.0 Å². The second-order valence-electron chi connectivity index (χ2n) is 4.39. The zero-order valence-corrected chi connectivity index (χ0v) is 12.1. The van der Waals surface area contributed by atoms with E-state index in [-0.39, 0.29) is 18.3 Å². The zero-order valence-electron chi connectivity index (χ0n) is 12.1. The van der Waals surface area contributed by atoms with Crippen molar-refractivity contribution >= 4 is 6.09 Å². The number of rotatable bonds is 6. The second kappa shape index (κ2) is 7.11. The molecule has 126 valence electrons. The molecule has 0 saturated heterocycles. The topological polar surface area (TPSA) is 106 Å². The molecule has 2 heterocycles. The molecule has 0 fully saturated rings. The number of alkyl halides is 3. The van der Waals surface area contributed by atoms with Crippen LogP contribution in [-0.4, -0.2) is 39.4 Å². The number of alkyl carbamates (subject to hydrolysis) is 1. The number of amides is 1. The number of carbonyl (C=O) groups excluding carboxylic acids is 1. The van der Waals surface area contributed by atoms with Gasteiger partial charge in [-0.1, -0.05) is 5.16 Å². The molecule has 0 bridgehead atoms.